The Morgan fingerprint density at radius 1 is 1.22 bits per heavy atom. The van der Waals surface area contributed by atoms with Gasteiger partial charge < -0.3 is 4.57 Å². The van der Waals surface area contributed by atoms with Gasteiger partial charge in [-0.1, -0.05) is 37.3 Å². The maximum Gasteiger partial charge on any atom is 0.212 e. The van der Waals surface area contributed by atoms with E-state index in [1.807, 2.05) is 48.7 Å². The number of fused-ring (bicyclic) bond motifs is 1. The lowest BCUT2D eigenvalue weighted by atomic mass is 10.0. The third kappa shape index (κ3) is 3.61. The fourth-order valence-corrected chi connectivity index (χ4v) is 4.66. The van der Waals surface area contributed by atoms with E-state index in [9.17, 15) is 8.42 Å². The molecule has 3 rings (SSSR count). The lowest BCUT2D eigenvalue weighted by Gasteiger charge is -2.17. The molecule has 0 radical (unpaired) electrons. The maximum atomic E-state index is 12.5. The van der Waals surface area contributed by atoms with Crippen LogP contribution in [0.4, 0.5) is 0 Å². The molecule has 0 saturated heterocycles. The van der Waals surface area contributed by atoms with Crippen LogP contribution in [0.1, 0.15) is 49.4 Å². The van der Waals surface area contributed by atoms with E-state index in [1.165, 1.54) is 0 Å². The molecule has 0 unspecified atom stereocenters. The van der Waals surface area contributed by atoms with Gasteiger partial charge in [0, 0.05) is 13.0 Å². The molecule has 0 spiro atoms. The number of nitrogens with zero attached hydrogens (tertiary/aromatic N) is 3. The third-order valence-corrected chi connectivity index (χ3v) is 5.87. The van der Waals surface area contributed by atoms with Crippen molar-refractivity contribution in [2.45, 2.75) is 45.2 Å². The average Bonchev–Trinajstić information content (AvgIpc) is 3.09. The zero-order valence-corrected chi connectivity index (χ0v) is 14.3. The summed E-state index contributed by atoms with van der Waals surface area (Å²) >= 11 is 0. The molecule has 2 heterocycles. The number of benzene rings is 1. The summed E-state index contributed by atoms with van der Waals surface area (Å²) in [5, 5.41) is 8.28. The lowest BCUT2D eigenvalue weighted by Crippen LogP contribution is -2.32. The Balaban J connectivity index is 1.68. The van der Waals surface area contributed by atoms with Crippen LogP contribution in [0.3, 0.4) is 0 Å². The van der Waals surface area contributed by atoms with Crippen LogP contribution < -0.4 is 4.72 Å². The highest BCUT2D eigenvalue weighted by atomic mass is 32.2. The van der Waals surface area contributed by atoms with Crippen molar-refractivity contribution >= 4 is 10.0 Å². The van der Waals surface area contributed by atoms with Gasteiger partial charge in [0.1, 0.15) is 5.82 Å². The van der Waals surface area contributed by atoms with Gasteiger partial charge in [0.2, 0.25) is 10.0 Å². The van der Waals surface area contributed by atoms with E-state index in [1.54, 1.807) is 0 Å². The Labute approximate surface area is 137 Å². The van der Waals surface area contributed by atoms with E-state index in [0.29, 0.717) is 5.82 Å². The van der Waals surface area contributed by atoms with Gasteiger partial charge in [0.05, 0.1) is 11.8 Å². The Morgan fingerprint density at radius 2 is 1.96 bits per heavy atom. The van der Waals surface area contributed by atoms with Gasteiger partial charge in [0.25, 0.3) is 0 Å². The summed E-state index contributed by atoms with van der Waals surface area (Å²) < 4.78 is 29.7. The molecular weight excluding hydrogens is 312 g/mol. The third-order valence-electron chi connectivity index (χ3n) is 4.22. The van der Waals surface area contributed by atoms with Crippen molar-refractivity contribution in [3.63, 3.8) is 0 Å². The monoisotopic (exact) mass is 334 g/mol. The first-order valence-electron chi connectivity index (χ1n) is 7.93. The van der Waals surface area contributed by atoms with Crippen molar-refractivity contribution in [3.05, 3.63) is 47.5 Å². The SMILES string of the molecule is C[C@H](CS(=O)(=O)N[C@H](C)c1nnc2n1CCC2)c1ccccc1. The predicted molar refractivity (Wildman–Crippen MR) is 88.5 cm³/mol. The van der Waals surface area contributed by atoms with E-state index in [4.69, 9.17) is 0 Å². The molecule has 0 amide bonds. The highest BCUT2D eigenvalue weighted by Crippen LogP contribution is 2.21. The zero-order valence-electron chi connectivity index (χ0n) is 13.4. The molecule has 6 nitrogen and oxygen atoms in total. The molecule has 1 aromatic carbocycles. The molecule has 1 aliphatic rings. The number of hydrogen-bond acceptors (Lipinski definition) is 4. The van der Waals surface area contributed by atoms with Gasteiger partial charge in [-0.05, 0) is 24.8 Å². The molecule has 0 fully saturated rings. The fraction of sp³-hybridized carbons (Fsp3) is 0.500. The molecule has 1 aliphatic heterocycles. The van der Waals surface area contributed by atoms with Crippen molar-refractivity contribution in [1.29, 1.82) is 0 Å². The molecule has 2 atom stereocenters. The van der Waals surface area contributed by atoms with Crippen LogP contribution in [0.25, 0.3) is 0 Å². The second kappa shape index (κ2) is 6.41. The number of rotatable bonds is 6. The topological polar surface area (TPSA) is 76.9 Å². The minimum Gasteiger partial charge on any atom is -0.314 e. The summed E-state index contributed by atoms with van der Waals surface area (Å²) in [6.07, 6.45) is 1.96. The first kappa shape index (κ1) is 16.1. The molecule has 0 aliphatic carbocycles. The molecule has 124 valence electrons. The number of hydrogen-bond donors (Lipinski definition) is 1. The van der Waals surface area contributed by atoms with Crippen LogP contribution in [0.5, 0.6) is 0 Å². The molecule has 1 N–H and O–H groups in total. The minimum atomic E-state index is -3.40. The fourth-order valence-electron chi connectivity index (χ4n) is 3.07. The Morgan fingerprint density at radius 3 is 2.70 bits per heavy atom. The van der Waals surface area contributed by atoms with Crippen LogP contribution in [0.2, 0.25) is 0 Å². The average molecular weight is 334 g/mol. The van der Waals surface area contributed by atoms with Crippen molar-refractivity contribution < 1.29 is 8.42 Å². The quantitative estimate of drug-likeness (QED) is 0.876. The smallest absolute Gasteiger partial charge is 0.212 e. The van der Waals surface area contributed by atoms with E-state index < -0.39 is 10.0 Å². The second-order valence-electron chi connectivity index (χ2n) is 6.16. The number of nitrogens with one attached hydrogen (secondary N) is 1. The lowest BCUT2D eigenvalue weighted by molar-refractivity contribution is 0.542. The highest BCUT2D eigenvalue weighted by molar-refractivity contribution is 7.89. The molecular formula is C16H22N4O2S. The van der Waals surface area contributed by atoms with Crippen molar-refractivity contribution in [3.8, 4) is 0 Å². The van der Waals surface area contributed by atoms with Gasteiger partial charge >= 0.3 is 0 Å². The normalized spacial score (nSPS) is 17.0. The molecule has 23 heavy (non-hydrogen) atoms. The van der Waals surface area contributed by atoms with Crippen LogP contribution in [-0.2, 0) is 23.0 Å². The zero-order chi connectivity index (χ0) is 16.4. The molecule has 0 saturated carbocycles. The molecule has 2 aromatic rings. The Hall–Kier alpha value is -1.73. The highest BCUT2D eigenvalue weighted by Gasteiger charge is 2.25. The summed E-state index contributed by atoms with van der Waals surface area (Å²) in [6.45, 7) is 4.61. The Bertz CT molecular complexity index is 771. The van der Waals surface area contributed by atoms with E-state index in [0.717, 1.165) is 30.8 Å². The van der Waals surface area contributed by atoms with Gasteiger partial charge in [-0.25, -0.2) is 13.1 Å². The van der Waals surface area contributed by atoms with E-state index in [2.05, 4.69) is 14.9 Å². The number of sulfonamides is 1. The van der Waals surface area contributed by atoms with E-state index >= 15 is 0 Å². The minimum absolute atomic E-state index is 0.0579. The van der Waals surface area contributed by atoms with Crippen LogP contribution in [-0.4, -0.2) is 28.9 Å². The summed E-state index contributed by atoms with van der Waals surface area (Å²) in [5.41, 5.74) is 1.02. The molecule has 7 heteroatoms. The van der Waals surface area contributed by atoms with Crippen molar-refractivity contribution in [2.24, 2.45) is 0 Å². The van der Waals surface area contributed by atoms with Gasteiger partial charge in [-0.2, -0.15) is 0 Å². The molecule has 1 aromatic heterocycles. The first-order valence-corrected chi connectivity index (χ1v) is 9.58. The number of aromatic nitrogens is 3. The van der Waals surface area contributed by atoms with Crippen LogP contribution in [0.15, 0.2) is 30.3 Å². The summed E-state index contributed by atoms with van der Waals surface area (Å²) in [7, 11) is -3.40. The first-order chi connectivity index (χ1) is 11.0. The summed E-state index contributed by atoms with van der Waals surface area (Å²) in [6, 6.07) is 9.31. The van der Waals surface area contributed by atoms with Gasteiger partial charge in [-0.3, -0.25) is 0 Å². The largest absolute Gasteiger partial charge is 0.314 e. The van der Waals surface area contributed by atoms with Crippen molar-refractivity contribution in [2.75, 3.05) is 5.75 Å². The van der Waals surface area contributed by atoms with Crippen LogP contribution >= 0.6 is 0 Å². The Kier molecular flexibility index (Phi) is 4.50. The molecule has 0 bridgehead atoms. The van der Waals surface area contributed by atoms with Gasteiger partial charge in [0.15, 0.2) is 5.82 Å². The summed E-state index contributed by atoms with van der Waals surface area (Å²) in [5.74, 6) is 1.64. The number of aryl methyl sites for hydroxylation is 1. The standard InChI is InChI=1S/C16H22N4O2S/c1-12(14-7-4-3-5-8-14)11-23(21,22)19-13(2)16-18-17-15-9-6-10-20(15)16/h3-5,7-8,12-13,19H,6,9-11H2,1-2H3/t12-,13-/m1/s1. The maximum absolute atomic E-state index is 12.5. The van der Waals surface area contributed by atoms with Gasteiger partial charge in [-0.15, -0.1) is 10.2 Å². The van der Waals surface area contributed by atoms with Crippen LogP contribution in [0, 0.1) is 0 Å². The second-order valence-corrected chi connectivity index (χ2v) is 7.96. The van der Waals surface area contributed by atoms with E-state index in [-0.39, 0.29) is 17.7 Å². The van der Waals surface area contributed by atoms with Crippen molar-refractivity contribution in [1.82, 2.24) is 19.5 Å². The predicted octanol–water partition coefficient (Wildman–Crippen LogP) is 2.01. The summed E-state index contributed by atoms with van der Waals surface area (Å²) in [4.78, 5) is 0.